The zero-order valence-electron chi connectivity index (χ0n) is 12.3. The summed E-state index contributed by atoms with van der Waals surface area (Å²) in [5, 5.41) is 0. The van der Waals surface area contributed by atoms with Crippen molar-refractivity contribution in [2.75, 3.05) is 12.5 Å². The molecule has 19 heavy (non-hydrogen) atoms. The lowest BCUT2D eigenvalue weighted by atomic mass is 9.88. The maximum atomic E-state index is 6.17. The summed E-state index contributed by atoms with van der Waals surface area (Å²) in [6.07, 6.45) is 2.44. The Balaban J connectivity index is 1.72. The molecule has 0 saturated heterocycles. The van der Waals surface area contributed by atoms with E-state index in [0.29, 0.717) is 23.4 Å². The second-order valence-corrected chi connectivity index (χ2v) is 7.05. The Morgan fingerprint density at radius 3 is 2.42 bits per heavy atom. The highest BCUT2D eigenvalue weighted by Crippen LogP contribution is 2.66. The summed E-state index contributed by atoms with van der Waals surface area (Å²) >= 11 is 6.17. The molecule has 0 amide bonds. The Bertz CT molecular complexity index is 401. The molecule has 0 N–H and O–H groups in total. The van der Waals surface area contributed by atoms with Crippen LogP contribution < -0.4 is 0 Å². The minimum absolute atomic E-state index is 0.351. The van der Waals surface area contributed by atoms with E-state index in [4.69, 9.17) is 16.3 Å². The molecule has 2 rings (SSSR count). The monoisotopic (exact) mass is 280 g/mol. The number of rotatable bonds is 7. The van der Waals surface area contributed by atoms with Gasteiger partial charge in [0.15, 0.2) is 0 Å². The summed E-state index contributed by atoms with van der Waals surface area (Å²) in [6, 6.07) is 10.4. The van der Waals surface area contributed by atoms with Crippen molar-refractivity contribution < 1.29 is 4.74 Å². The number of hydrogen-bond donors (Lipinski definition) is 0. The molecule has 1 aliphatic rings. The van der Waals surface area contributed by atoms with Gasteiger partial charge < -0.3 is 4.74 Å². The molecule has 0 radical (unpaired) electrons. The first-order chi connectivity index (χ1) is 8.99. The van der Waals surface area contributed by atoms with E-state index in [1.165, 1.54) is 18.4 Å². The summed E-state index contributed by atoms with van der Waals surface area (Å²) in [5.74, 6) is 1.35. The van der Waals surface area contributed by atoms with Gasteiger partial charge in [-0.25, -0.2) is 0 Å². The van der Waals surface area contributed by atoms with Crippen molar-refractivity contribution >= 4 is 11.6 Å². The van der Waals surface area contributed by atoms with Gasteiger partial charge in [0.25, 0.3) is 0 Å². The minimum atomic E-state index is 0.351. The molecule has 0 aliphatic heterocycles. The normalized spacial score (nSPS) is 26.1. The van der Waals surface area contributed by atoms with E-state index in [1.54, 1.807) is 0 Å². The highest BCUT2D eigenvalue weighted by atomic mass is 35.5. The van der Waals surface area contributed by atoms with E-state index >= 15 is 0 Å². The first kappa shape index (κ1) is 14.9. The number of halogens is 1. The molecule has 2 heteroatoms. The molecule has 0 heterocycles. The Kier molecular flexibility index (Phi) is 4.58. The quantitative estimate of drug-likeness (QED) is 0.647. The van der Waals surface area contributed by atoms with Crippen LogP contribution in [0.5, 0.6) is 0 Å². The standard InChI is InChI=1S/C17H25ClO/c1-14(9-17(13-18)12-16(17,2)3)10-19-11-15-7-5-4-6-8-15/h4-8,14H,9-13H2,1-3H3. The van der Waals surface area contributed by atoms with Gasteiger partial charge in [0, 0.05) is 12.5 Å². The molecule has 0 aromatic heterocycles. The average molecular weight is 281 g/mol. The lowest BCUT2D eigenvalue weighted by Gasteiger charge is -2.22. The van der Waals surface area contributed by atoms with Crippen molar-refractivity contribution in [2.45, 2.75) is 40.2 Å². The van der Waals surface area contributed by atoms with Crippen LogP contribution >= 0.6 is 11.6 Å². The van der Waals surface area contributed by atoms with Gasteiger partial charge in [-0.1, -0.05) is 51.1 Å². The molecule has 0 bridgehead atoms. The van der Waals surface area contributed by atoms with Gasteiger partial charge in [0.05, 0.1) is 6.61 Å². The van der Waals surface area contributed by atoms with Gasteiger partial charge >= 0.3 is 0 Å². The zero-order chi connectivity index (χ0) is 13.9. The van der Waals surface area contributed by atoms with E-state index < -0.39 is 0 Å². The fourth-order valence-electron chi connectivity index (χ4n) is 3.11. The molecule has 1 nitrogen and oxygen atoms in total. The van der Waals surface area contributed by atoms with E-state index in [9.17, 15) is 0 Å². The topological polar surface area (TPSA) is 9.23 Å². The number of hydrogen-bond acceptors (Lipinski definition) is 1. The van der Waals surface area contributed by atoms with Gasteiger partial charge in [0.2, 0.25) is 0 Å². The van der Waals surface area contributed by atoms with Crippen LogP contribution in [0.2, 0.25) is 0 Å². The molecule has 2 unspecified atom stereocenters. The van der Waals surface area contributed by atoms with Gasteiger partial charge in [-0.15, -0.1) is 11.6 Å². The van der Waals surface area contributed by atoms with Crippen molar-refractivity contribution in [3.63, 3.8) is 0 Å². The Morgan fingerprint density at radius 1 is 1.26 bits per heavy atom. The van der Waals surface area contributed by atoms with Gasteiger partial charge in [-0.05, 0) is 35.2 Å². The van der Waals surface area contributed by atoms with Crippen molar-refractivity contribution in [1.29, 1.82) is 0 Å². The molecule has 1 fully saturated rings. The lowest BCUT2D eigenvalue weighted by Crippen LogP contribution is -2.18. The Labute approximate surface area is 122 Å². The van der Waals surface area contributed by atoms with Crippen molar-refractivity contribution in [1.82, 2.24) is 0 Å². The Morgan fingerprint density at radius 2 is 1.89 bits per heavy atom. The highest BCUT2D eigenvalue weighted by molar-refractivity contribution is 6.18. The number of benzene rings is 1. The zero-order valence-corrected chi connectivity index (χ0v) is 13.0. The smallest absolute Gasteiger partial charge is 0.0717 e. The molecule has 0 spiro atoms. The molecule has 2 atom stereocenters. The second-order valence-electron chi connectivity index (χ2n) is 6.78. The molecular formula is C17H25ClO. The summed E-state index contributed by atoms with van der Waals surface area (Å²) in [7, 11) is 0. The van der Waals surface area contributed by atoms with Gasteiger partial charge in [-0.2, -0.15) is 0 Å². The predicted octanol–water partition coefficient (Wildman–Crippen LogP) is 4.88. The van der Waals surface area contributed by atoms with Crippen molar-refractivity contribution in [3.05, 3.63) is 35.9 Å². The molecular weight excluding hydrogens is 256 g/mol. The molecule has 1 aromatic carbocycles. The minimum Gasteiger partial charge on any atom is -0.376 e. The van der Waals surface area contributed by atoms with Crippen LogP contribution in [0.25, 0.3) is 0 Å². The van der Waals surface area contributed by atoms with Crippen LogP contribution in [0.4, 0.5) is 0 Å². The summed E-state index contributed by atoms with van der Waals surface area (Å²) < 4.78 is 5.82. The first-order valence-electron chi connectivity index (χ1n) is 7.17. The van der Waals surface area contributed by atoms with E-state index in [-0.39, 0.29) is 0 Å². The molecule has 1 saturated carbocycles. The van der Waals surface area contributed by atoms with Crippen LogP contribution in [0.1, 0.15) is 39.2 Å². The lowest BCUT2D eigenvalue weighted by molar-refractivity contribution is 0.0810. The maximum absolute atomic E-state index is 6.17. The average Bonchev–Trinajstić information content (AvgIpc) is 2.92. The van der Waals surface area contributed by atoms with Crippen LogP contribution in [-0.4, -0.2) is 12.5 Å². The third-order valence-corrected chi connectivity index (χ3v) is 5.11. The SMILES string of the molecule is CC(COCc1ccccc1)CC1(CCl)CC1(C)C. The van der Waals surface area contributed by atoms with Gasteiger partial charge in [0.1, 0.15) is 0 Å². The number of ether oxygens (including phenoxy) is 1. The van der Waals surface area contributed by atoms with E-state index in [1.807, 2.05) is 6.07 Å². The fraction of sp³-hybridized carbons (Fsp3) is 0.647. The highest BCUT2D eigenvalue weighted by Gasteiger charge is 2.60. The van der Waals surface area contributed by atoms with Crippen LogP contribution in [0.15, 0.2) is 30.3 Å². The third-order valence-electron chi connectivity index (χ3n) is 4.60. The summed E-state index contributed by atoms with van der Waals surface area (Å²) in [4.78, 5) is 0. The molecule has 1 aliphatic carbocycles. The second kappa shape index (κ2) is 5.85. The first-order valence-corrected chi connectivity index (χ1v) is 7.70. The van der Waals surface area contributed by atoms with E-state index in [0.717, 1.165) is 12.5 Å². The third kappa shape index (κ3) is 3.52. The largest absolute Gasteiger partial charge is 0.376 e. The predicted molar refractivity (Wildman–Crippen MR) is 81.4 cm³/mol. The van der Waals surface area contributed by atoms with Crippen molar-refractivity contribution in [2.24, 2.45) is 16.7 Å². The van der Waals surface area contributed by atoms with Crippen molar-refractivity contribution in [3.8, 4) is 0 Å². The maximum Gasteiger partial charge on any atom is 0.0717 e. The summed E-state index contributed by atoms with van der Waals surface area (Å²) in [6.45, 7) is 8.46. The Hall–Kier alpha value is -0.530. The van der Waals surface area contributed by atoms with E-state index in [2.05, 4.69) is 45.0 Å². The summed E-state index contributed by atoms with van der Waals surface area (Å²) in [5.41, 5.74) is 2.01. The van der Waals surface area contributed by atoms with Crippen LogP contribution in [0, 0.1) is 16.7 Å². The van der Waals surface area contributed by atoms with Crippen LogP contribution in [-0.2, 0) is 11.3 Å². The molecule has 106 valence electrons. The van der Waals surface area contributed by atoms with Gasteiger partial charge in [-0.3, -0.25) is 0 Å². The number of alkyl halides is 1. The fourth-order valence-corrected chi connectivity index (χ4v) is 3.68. The molecule has 1 aromatic rings. The van der Waals surface area contributed by atoms with Crippen LogP contribution in [0.3, 0.4) is 0 Å².